The Labute approximate surface area is 113 Å². The Morgan fingerprint density at radius 1 is 1.32 bits per heavy atom. The van der Waals surface area contributed by atoms with Gasteiger partial charge in [0, 0.05) is 29.5 Å². The van der Waals surface area contributed by atoms with Crippen LogP contribution in [0.15, 0.2) is 18.2 Å². The van der Waals surface area contributed by atoms with Gasteiger partial charge in [0.05, 0.1) is 4.92 Å². The molecule has 0 unspecified atom stereocenters. The van der Waals surface area contributed by atoms with Crippen LogP contribution < -0.4 is 11.1 Å². The van der Waals surface area contributed by atoms with Gasteiger partial charge in [-0.05, 0) is 37.2 Å². The number of non-ortho nitro benzene ring substituents is 1. The quantitative estimate of drug-likeness (QED) is 0.496. The van der Waals surface area contributed by atoms with Crippen LogP contribution in [0.2, 0.25) is 0 Å². The van der Waals surface area contributed by atoms with E-state index in [9.17, 15) is 10.1 Å². The van der Waals surface area contributed by atoms with E-state index in [1.165, 1.54) is 18.9 Å². The third-order valence-corrected chi connectivity index (χ3v) is 3.86. The van der Waals surface area contributed by atoms with E-state index in [-0.39, 0.29) is 5.69 Å². The molecule has 104 valence electrons. The molecule has 0 atom stereocenters. The van der Waals surface area contributed by atoms with Crippen molar-refractivity contribution in [1.82, 2.24) is 0 Å². The lowest BCUT2D eigenvalue weighted by Gasteiger charge is -2.35. The van der Waals surface area contributed by atoms with E-state index < -0.39 is 4.92 Å². The highest BCUT2D eigenvalue weighted by molar-refractivity contribution is 5.61. The minimum atomic E-state index is -0.411. The van der Waals surface area contributed by atoms with Crippen molar-refractivity contribution in [2.45, 2.75) is 45.6 Å². The number of nitrogens with zero attached hydrogens (tertiary/aromatic N) is 1. The van der Waals surface area contributed by atoms with Gasteiger partial charge in [-0.1, -0.05) is 13.8 Å². The number of hydrogen-bond donors (Lipinski definition) is 2. The Kier molecular flexibility index (Phi) is 3.64. The molecule has 1 saturated carbocycles. The third kappa shape index (κ3) is 3.59. The maximum absolute atomic E-state index is 10.8. The number of nitro benzene ring substituents is 1. The summed E-state index contributed by atoms with van der Waals surface area (Å²) in [5, 5.41) is 14.2. The fraction of sp³-hybridized carbons (Fsp3) is 0.571. The second-order valence-corrected chi connectivity index (χ2v) is 6.15. The first kappa shape index (κ1) is 13.6. The van der Waals surface area contributed by atoms with Crippen LogP contribution in [0.5, 0.6) is 0 Å². The summed E-state index contributed by atoms with van der Waals surface area (Å²) in [6, 6.07) is 5.08. The van der Waals surface area contributed by atoms with E-state index in [2.05, 4.69) is 19.2 Å². The predicted octanol–water partition coefficient (Wildman–Crippen LogP) is 3.56. The van der Waals surface area contributed by atoms with E-state index in [1.54, 1.807) is 12.1 Å². The van der Waals surface area contributed by atoms with Gasteiger partial charge in [0.1, 0.15) is 0 Å². The summed E-state index contributed by atoms with van der Waals surface area (Å²) >= 11 is 0. The van der Waals surface area contributed by atoms with E-state index in [0.29, 0.717) is 17.1 Å². The van der Waals surface area contributed by atoms with Crippen molar-refractivity contribution in [3.8, 4) is 0 Å². The molecule has 1 aliphatic carbocycles. The molecule has 5 nitrogen and oxygen atoms in total. The molecular formula is C14H21N3O2. The Morgan fingerprint density at radius 3 is 2.53 bits per heavy atom. The van der Waals surface area contributed by atoms with Gasteiger partial charge in [0.15, 0.2) is 0 Å². The summed E-state index contributed by atoms with van der Waals surface area (Å²) in [4.78, 5) is 10.4. The van der Waals surface area contributed by atoms with Crippen molar-refractivity contribution in [3.05, 3.63) is 28.3 Å². The van der Waals surface area contributed by atoms with Crippen LogP contribution in [0.1, 0.15) is 39.5 Å². The molecule has 1 aliphatic rings. The van der Waals surface area contributed by atoms with Gasteiger partial charge in [0.2, 0.25) is 0 Å². The van der Waals surface area contributed by atoms with Crippen molar-refractivity contribution in [2.75, 3.05) is 11.1 Å². The van der Waals surface area contributed by atoms with Gasteiger partial charge in [0.25, 0.3) is 5.69 Å². The molecule has 0 bridgehead atoms. The molecule has 1 aromatic rings. The Morgan fingerprint density at radius 2 is 1.95 bits per heavy atom. The standard InChI is InChI=1S/C14H21N3O2/c1-14(2)5-3-11(4-6-14)16-12-7-10(15)8-13(9-12)17(18)19/h7-9,11,16H,3-6,15H2,1-2H3. The summed E-state index contributed by atoms with van der Waals surface area (Å²) in [7, 11) is 0. The topological polar surface area (TPSA) is 81.2 Å². The number of nitro groups is 1. The van der Waals surface area contributed by atoms with Crippen LogP contribution in [0.4, 0.5) is 17.1 Å². The molecule has 0 radical (unpaired) electrons. The highest BCUT2D eigenvalue weighted by Gasteiger charge is 2.26. The van der Waals surface area contributed by atoms with Crippen molar-refractivity contribution in [3.63, 3.8) is 0 Å². The monoisotopic (exact) mass is 263 g/mol. The van der Waals surface area contributed by atoms with Crippen LogP contribution >= 0.6 is 0 Å². The zero-order valence-corrected chi connectivity index (χ0v) is 11.5. The maximum Gasteiger partial charge on any atom is 0.273 e. The molecular weight excluding hydrogens is 242 g/mol. The van der Waals surface area contributed by atoms with Crippen molar-refractivity contribution in [2.24, 2.45) is 5.41 Å². The Hall–Kier alpha value is -1.78. The molecule has 0 spiro atoms. The van der Waals surface area contributed by atoms with Crippen LogP contribution in [0, 0.1) is 15.5 Å². The molecule has 0 amide bonds. The first-order valence-electron chi connectivity index (χ1n) is 6.67. The van der Waals surface area contributed by atoms with E-state index in [4.69, 9.17) is 5.73 Å². The van der Waals surface area contributed by atoms with Crippen LogP contribution in [0.25, 0.3) is 0 Å². The molecule has 0 aliphatic heterocycles. The van der Waals surface area contributed by atoms with Crippen LogP contribution in [0.3, 0.4) is 0 Å². The summed E-state index contributed by atoms with van der Waals surface area (Å²) < 4.78 is 0. The number of hydrogen-bond acceptors (Lipinski definition) is 4. The Bertz CT molecular complexity index is 476. The van der Waals surface area contributed by atoms with Gasteiger partial charge in [-0.25, -0.2) is 0 Å². The largest absolute Gasteiger partial charge is 0.398 e. The minimum Gasteiger partial charge on any atom is -0.398 e. The smallest absolute Gasteiger partial charge is 0.273 e. The number of nitrogen functional groups attached to an aromatic ring is 1. The predicted molar refractivity (Wildman–Crippen MR) is 77.2 cm³/mol. The fourth-order valence-electron chi connectivity index (χ4n) is 2.60. The number of anilines is 2. The summed E-state index contributed by atoms with van der Waals surface area (Å²) in [6.07, 6.45) is 4.54. The molecule has 19 heavy (non-hydrogen) atoms. The van der Waals surface area contributed by atoms with Crippen LogP contribution in [-0.2, 0) is 0 Å². The minimum absolute atomic E-state index is 0.0404. The molecule has 0 heterocycles. The van der Waals surface area contributed by atoms with Gasteiger partial charge in [-0.3, -0.25) is 10.1 Å². The van der Waals surface area contributed by atoms with Crippen molar-refractivity contribution in [1.29, 1.82) is 0 Å². The zero-order chi connectivity index (χ0) is 14.0. The third-order valence-electron chi connectivity index (χ3n) is 3.86. The average molecular weight is 263 g/mol. The normalized spacial score (nSPS) is 19.1. The lowest BCUT2D eigenvalue weighted by atomic mass is 9.75. The van der Waals surface area contributed by atoms with E-state index >= 15 is 0 Å². The highest BCUT2D eigenvalue weighted by atomic mass is 16.6. The molecule has 5 heteroatoms. The maximum atomic E-state index is 10.8. The van der Waals surface area contributed by atoms with Gasteiger partial charge < -0.3 is 11.1 Å². The zero-order valence-electron chi connectivity index (χ0n) is 11.5. The average Bonchev–Trinajstić information content (AvgIpc) is 2.31. The second-order valence-electron chi connectivity index (χ2n) is 6.15. The number of rotatable bonds is 3. The molecule has 1 fully saturated rings. The lowest BCUT2D eigenvalue weighted by molar-refractivity contribution is -0.384. The van der Waals surface area contributed by atoms with Gasteiger partial charge in [-0.15, -0.1) is 0 Å². The van der Waals surface area contributed by atoms with Crippen molar-refractivity contribution >= 4 is 17.1 Å². The molecule has 1 aromatic carbocycles. The van der Waals surface area contributed by atoms with Gasteiger partial charge in [-0.2, -0.15) is 0 Å². The molecule has 2 rings (SSSR count). The molecule has 0 aromatic heterocycles. The lowest BCUT2D eigenvalue weighted by Crippen LogP contribution is -2.29. The number of nitrogens with two attached hydrogens (primary N) is 1. The summed E-state index contributed by atoms with van der Waals surface area (Å²) in [6.45, 7) is 4.57. The van der Waals surface area contributed by atoms with Gasteiger partial charge >= 0.3 is 0 Å². The second kappa shape index (κ2) is 5.07. The Balaban J connectivity index is 2.05. The SMILES string of the molecule is CC1(C)CCC(Nc2cc(N)cc([N+](=O)[O-])c2)CC1. The summed E-state index contributed by atoms with van der Waals surface area (Å²) in [5.74, 6) is 0. The van der Waals surface area contributed by atoms with E-state index in [0.717, 1.165) is 18.5 Å². The van der Waals surface area contributed by atoms with E-state index in [1.807, 2.05) is 0 Å². The van der Waals surface area contributed by atoms with Crippen molar-refractivity contribution < 1.29 is 4.92 Å². The molecule has 3 N–H and O–H groups in total. The first-order chi connectivity index (χ1) is 8.85. The summed E-state index contributed by atoms with van der Waals surface area (Å²) in [5.41, 5.74) is 7.33. The first-order valence-corrected chi connectivity index (χ1v) is 6.67. The number of nitrogens with one attached hydrogen (secondary N) is 1. The molecule has 0 saturated heterocycles. The van der Waals surface area contributed by atoms with Crippen LogP contribution in [-0.4, -0.2) is 11.0 Å². The number of benzene rings is 1. The fourth-order valence-corrected chi connectivity index (χ4v) is 2.60. The highest BCUT2D eigenvalue weighted by Crippen LogP contribution is 2.36.